The highest BCUT2D eigenvalue weighted by molar-refractivity contribution is 5.94. The van der Waals surface area contributed by atoms with Crippen molar-refractivity contribution in [1.82, 2.24) is 10.4 Å². The van der Waals surface area contributed by atoms with E-state index >= 15 is 0 Å². The molecule has 1 aromatic heterocycles. The molecule has 0 radical (unpaired) electrons. The van der Waals surface area contributed by atoms with Crippen LogP contribution in [0.4, 0.5) is 0 Å². The van der Waals surface area contributed by atoms with E-state index in [0.717, 1.165) is 5.56 Å². The summed E-state index contributed by atoms with van der Waals surface area (Å²) in [5.74, 6) is -0.232. The summed E-state index contributed by atoms with van der Waals surface area (Å²) in [7, 11) is 1.30. The van der Waals surface area contributed by atoms with Crippen LogP contribution in [0.5, 0.6) is 5.75 Å². The van der Waals surface area contributed by atoms with Crippen LogP contribution in [0.3, 0.4) is 0 Å². The number of methoxy groups -OCH3 is 1. The van der Waals surface area contributed by atoms with Gasteiger partial charge in [-0.15, -0.1) is 0 Å². The van der Waals surface area contributed by atoms with Gasteiger partial charge < -0.3 is 9.47 Å². The summed E-state index contributed by atoms with van der Waals surface area (Å²) in [5.41, 5.74) is 3.66. The topological polar surface area (TPSA) is 89.9 Å². The van der Waals surface area contributed by atoms with Gasteiger partial charge in [0, 0.05) is 18.0 Å². The molecule has 23 heavy (non-hydrogen) atoms. The molecule has 0 aliphatic carbocycles. The van der Waals surface area contributed by atoms with E-state index < -0.39 is 5.97 Å². The van der Waals surface area contributed by atoms with Crippen molar-refractivity contribution >= 4 is 18.1 Å². The Balaban J connectivity index is 1.85. The third-order valence-electron chi connectivity index (χ3n) is 2.79. The van der Waals surface area contributed by atoms with Gasteiger partial charge in [0.25, 0.3) is 5.91 Å². The minimum Gasteiger partial charge on any atom is -0.482 e. The van der Waals surface area contributed by atoms with Crippen molar-refractivity contribution in [3.63, 3.8) is 0 Å². The van der Waals surface area contributed by atoms with Crippen molar-refractivity contribution in [2.24, 2.45) is 5.10 Å². The number of amides is 1. The first kappa shape index (κ1) is 16.2. The Bertz CT molecular complexity index is 684. The number of carbonyl (C=O) groups is 2. The summed E-state index contributed by atoms with van der Waals surface area (Å²) >= 11 is 0. The molecule has 0 saturated heterocycles. The number of pyridine rings is 1. The smallest absolute Gasteiger partial charge is 0.343 e. The second kappa shape index (κ2) is 8.28. The fourth-order valence-corrected chi connectivity index (χ4v) is 1.58. The molecule has 0 bridgehead atoms. The van der Waals surface area contributed by atoms with E-state index in [1.807, 2.05) is 0 Å². The van der Waals surface area contributed by atoms with Gasteiger partial charge in [0.05, 0.1) is 13.3 Å². The maximum atomic E-state index is 11.8. The summed E-state index contributed by atoms with van der Waals surface area (Å²) in [6.07, 6.45) is 4.57. The average Bonchev–Trinajstić information content (AvgIpc) is 2.61. The zero-order valence-electron chi connectivity index (χ0n) is 12.4. The molecule has 1 aromatic carbocycles. The summed E-state index contributed by atoms with van der Waals surface area (Å²) in [5, 5.41) is 3.88. The zero-order chi connectivity index (χ0) is 16.5. The van der Waals surface area contributed by atoms with Crippen LogP contribution < -0.4 is 10.2 Å². The Morgan fingerprint density at radius 3 is 2.52 bits per heavy atom. The third-order valence-corrected chi connectivity index (χ3v) is 2.79. The number of aromatic nitrogens is 1. The fraction of sp³-hybridized carbons (Fsp3) is 0.125. The van der Waals surface area contributed by atoms with Gasteiger partial charge >= 0.3 is 5.97 Å². The van der Waals surface area contributed by atoms with E-state index in [1.54, 1.807) is 36.4 Å². The summed E-state index contributed by atoms with van der Waals surface area (Å²) < 4.78 is 9.70. The van der Waals surface area contributed by atoms with Crippen molar-refractivity contribution in [2.75, 3.05) is 13.7 Å². The predicted octanol–water partition coefficient (Wildman–Crippen LogP) is 1.40. The number of rotatable bonds is 6. The van der Waals surface area contributed by atoms with Gasteiger partial charge in [-0.3, -0.25) is 9.78 Å². The zero-order valence-corrected chi connectivity index (χ0v) is 12.4. The van der Waals surface area contributed by atoms with E-state index in [-0.39, 0.29) is 12.5 Å². The molecule has 1 amide bonds. The van der Waals surface area contributed by atoms with Gasteiger partial charge in [-0.1, -0.05) is 0 Å². The minimum absolute atomic E-state index is 0.147. The van der Waals surface area contributed by atoms with Gasteiger partial charge in [0.2, 0.25) is 0 Å². The van der Waals surface area contributed by atoms with Crippen LogP contribution in [0, 0.1) is 0 Å². The van der Waals surface area contributed by atoms with E-state index in [2.05, 4.69) is 20.2 Å². The van der Waals surface area contributed by atoms with Crippen LogP contribution in [0.15, 0.2) is 53.9 Å². The van der Waals surface area contributed by atoms with E-state index in [0.29, 0.717) is 11.3 Å². The average molecular weight is 313 g/mol. The largest absolute Gasteiger partial charge is 0.482 e. The standard InChI is InChI=1S/C16H15N3O4/c1-22-15(20)11-23-14-4-2-12(3-5-14)10-18-19-16(21)13-6-8-17-9-7-13/h2-10H,11H2,1H3,(H,19,21). The quantitative estimate of drug-likeness (QED) is 0.494. The van der Waals surface area contributed by atoms with Crippen LogP contribution in [0.2, 0.25) is 0 Å². The van der Waals surface area contributed by atoms with Crippen molar-refractivity contribution < 1.29 is 19.1 Å². The highest BCUT2D eigenvalue weighted by Crippen LogP contribution is 2.11. The lowest BCUT2D eigenvalue weighted by Gasteiger charge is -2.04. The Kier molecular flexibility index (Phi) is 5.81. The van der Waals surface area contributed by atoms with Crippen molar-refractivity contribution in [1.29, 1.82) is 0 Å². The first-order valence-electron chi connectivity index (χ1n) is 6.72. The lowest BCUT2D eigenvalue weighted by molar-refractivity contribution is -0.142. The number of nitrogens with zero attached hydrogens (tertiary/aromatic N) is 2. The monoisotopic (exact) mass is 313 g/mol. The summed E-state index contributed by atoms with van der Waals surface area (Å²) in [4.78, 5) is 26.5. The number of benzene rings is 1. The van der Waals surface area contributed by atoms with E-state index in [4.69, 9.17) is 4.74 Å². The molecule has 0 saturated carbocycles. The van der Waals surface area contributed by atoms with Crippen LogP contribution in [-0.4, -0.2) is 36.8 Å². The van der Waals surface area contributed by atoms with Crippen LogP contribution >= 0.6 is 0 Å². The van der Waals surface area contributed by atoms with Gasteiger partial charge in [0.1, 0.15) is 5.75 Å². The molecule has 7 heteroatoms. The lowest BCUT2D eigenvalue weighted by Crippen LogP contribution is -2.17. The van der Waals surface area contributed by atoms with Crippen LogP contribution in [0.1, 0.15) is 15.9 Å². The number of hydrogen-bond acceptors (Lipinski definition) is 6. The molecule has 0 spiro atoms. The SMILES string of the molecule is COC(=O)COc1ccc(C=NNC(=O)c2ccncc2)cc1. The molecular weight excluding hydrogens is 298 g/mol. The second-order valence-corrected chi connectivity index (χ2v) is 4.37. The Hall–Kier alpha value is -3.22. The number of carbonyl (C=O) groups excluding carboxylic acids is 2. The molecule has 0 unspecified atom stereocenters. The molecule has 0 aliphatic heterocycles. The highest BCUT2D eigenvalue weighted by Gasteiger charge is 2.03. The summed E-state index contributed by atoms with van der Waals surface area (Å²) in [6.45, 7) is -0.147. The first-order chi connectivity index (χ1) is 11.2. The molecule has 0 fully saturated rings. The number of ether oxygens (including phenoxy) is 2. The molecule has 2 aromatic rings. The van der Waals surface area contributed by atoms with Crippen molar-refractivity contribution in [3.8, 4) is 5.75 Å². The normalized spacial score (nSPS) is 10.3. The fourth-order valence-electron chi connectivity index (χ4n) is 1.58. The Morgan fingerprint density at radius 2 is 1.87 bits per heavy atom. The molecule has 1 N–H and O–H groups in total. The second-order valence-electron chi connectivity index (χ2n) is 4.37. The number of esters is 1. The Labute approximate surface area is 132 Å². The van der Waals surface area contributed by atoms with Crippen LogP contribution in [-0.2, 0) is 9.53 Å². The Morgan fingerprint density at radius 1 is 1.17 bits per heavy atom. The predicted molar refractivity (Wildman–Crippen MR) is 83.3 cm³/mol. The van der Waals surface area contributed by atoms with Gasteiger partial charge in [-0.05, 0) is 42.0 Å². The summed E-state index contributed by atoms with van der Waals surface area (Å²) in [6, 6.07) is 10.1. The molecule has 1 heterocycles. The molecule has 0 aliphatic rings. The van der Waals surface area contributed by atoms with E-state index in [9.17, 15) is 9.59 Å². The maximum Gasteiger partial charge on any atom is 0.343 e. The molecule has 7 nitrogen and oxygen atoms in total. The van der Waals surface area contributed by atoms with Gasteiger partial charge in [-0.2, -0.15) is 5.10 Å². The molecular formula is C16H15N3O4. The third kappa shape index (κ3) is 5.24. The maximum absolute atomic E-state index is 11.8. The van der Waals surface area contributed by atoms with Gasteiger partial charge in [-0.25, -0.2) is 10.2 Å². The lowest BCUT2D eigenvalue weighted by atomic mass is 10.2. The van der Waals surface area contributed by atoms with E-state index in [1.165, 1.54) is 25.7 Å². The molecule has 0 atom stereocenters. The number of hydrazone groups is 1. The first-order valence-corrected chi connectivity index (χ1v) is 6.72. The van der Waals surface area contributed by atoms with Crippen molar-refractivity contribution in [2.45, 2.75) is 0 Å². The van der Waals surface area contributed by atoms with Crippen LogP contribution in [0.25, 0.3) is 0 Å². The molecule has 118 valence electrons. The number of hydrogen-bond donors (Lipinski definition) is 1. The number of nitrogens with one attached hydrogen (secondary N) is 1. The minimum atomic E-state index is -0.450. The van der Waals surface area contributed by atoms with Gasteiger partial charge in [0.15, 0.2) is 6.61 Å². The highest BCUT2D eigenvalue weighted by atomic mass is 16.6. The molecule has 2 rings (SSSR count). The van der Waals surface area contributed by atoms with Crippen molar-refractivity contribution in [3.05, 3.63) is 59.9 Å².